The van der Waals surface area contributed by atoms with E-state index in [0.29, 0.717) is 6.54 Å². The summed E-state index contributed by atoms with van der Waals surface area (Å²) in [5, 5.41) is 0. The monoisotopic (exact) mass is 339 g/mol. The predicted octanol–water partition coefficient (Wildman–Crippen LogP) is 3.63. The maximum Gasteiger partial charge on any atom is 0.162 e. The van der Waals surface area contributed by atoms with Crippen molar-refractivity contribution in [2.24, 2.45) is 11.7 Å². The normalized spacial score (nSPS) is 20.4. The zero-order valence-electron chi connectivity index (χ0n) is 12.0. The highest BCUT2D eigenvalue weighted by Gasteiger charge is 2.39. The summed E-state index contributed by atoms with van der Waals surface area (Å²) < 4.78 is 12.5. The first-order valence-electron chi connectivity index (χ1n) is 7.39. The van der Waals surface area contributed by atoms with Gasteiger partial charge in [-0.3, -0.25) is 0 Å². The van der Waals surface area contributed by atoms with Gasteiger partial charge in [0, 0.05) is 16.4 Å². The Morgan fingerprint density at radius 2 is 2.05 bits per heavy atom. The van der Waals surface area contributed by atoms with Crippen LogP contribution in [0.3, 0.4) is 0 Å². The van der Waals surface area contributed by atoms with Gasteiger partial charge in [0.1, 0.15) is 0 Å². The van der Waals surface area contributed by atoms with Gasteiger partial charge >= 0.3 is 0 Å². The summed E-state index contributed by atoms with van der Waals surface area (Å²) in [7, 11) is 1.70. The minimum Gasteiger partial charge on any atom is -0.493 e. The number of rotatable bonds is 6. The maximum atomic E-state index is 6.01. The molecule has 3 nitrogen and oxygen atoms in total. The Morgan fingerprint density at radius 3 is 2.55 bits per heavy atom. The second kappa shape index (κ2) is 5.57. The van der Waals surface area contributed by atoms with Crippen LogP contribution in [0, 0.1) is 5.92 Å². The summed E-state index contributed by atoms with van der Waals surface area (Å²) >= 11 is 3.69. The van der Waals surface area contributed by atoms with Gasteiger partial charge in [-0.25, -0.2) is 0 Å². The van der Waals surface area contributed by atoms with Gasteiger partial charge in [-0.1, -0.05) is 22.4 Å². The average molecular weight is 340 g/mol. The molecule has 2 aliphatic carbocycles. The number of nitrogens with two attached hydrogens (primary N) is 1. The number of halogens is 1. The largest absolute Gasteiger partial charge is 0.493 e. The minimum absolute atomic E-state index is 0.126. The summed E-state index contributed by atoms with van der Waals surface area (Å²) in [5.74, 6) is 2.39. The van der Waals surface area contributed by atoms with E-state index in [1.807, 2.05) is 6.07 Å². The smallest absolute Gasteiger partial charge is 0.162 e. The lowest BCUT2D eigenvalue weighted by Crippen LogP contribution is -2.41. The van der Waals surface area contributed by atoms with Crippen LogP contribution in [-0.2, 0) is 5.41 Å². The van der Waals surface area contributed by atoms with Crippen LogP contribution in [0.15, 0.2) is 16.6 Å². The van der Waals surface area contributed by atoms with E-state index in [4.69, 9.17) is 15.2 Å². The molecule has 110 valence electrons. The number of ether oxygens (including phenoxy) is 2. The fourth-order valence-electron chi connectivity index (χ4n) is 2.89. The van der Waals surface area contributed by atoms with Crippen molar-refractivity contribution >= 4 is 15.9 Å². The zero-order valence-corrected chi connectivity index (χ0v) is 13.5. The van der Waals surface area contributed by atoms with Crippen molar-refractivity contribution < 1.29 is 9.47 Å². The highest BCUT2D eigenvalue weighted by atomic mass is 79.9. The highest BCUT2D eigenvalue weighted by molar-refractivity contribution is 9.10. The molecule has 0 unspecified atom stereocenters. The molecule has 1 aromatic carbocycles. The molecule has 0 amide bonds. The lowest BCUT2D eigenvalue weighted by molar-refractivity contribution is 0.248. The third-order valence-electron chi connectivity index (χ3n) is 4.70. The van der Waals surface area contributed by atoms with Gasteiger partial charge in [-0.15, -0.1) is 0 Å². The number of hydrogen-bond donors (Lipinski definition) is 1. The Bertz CT molecular complexity index is 490. The van der Waals surface area contributed by atoms with Gasteiger partial charge in [0.2, 0.25) is 0 Å². The molecule has 4 heteroatoms. The SMILES string of the molecule is COc1cc(C2(CN)CCC2)c(Br)cc1OCC1CC1. The molecular weight excluding hydrogens is 318 g/mol. The third kappa shape index (κ3) is 2.56. The fourth-order valence-corrected chi connectivity index (χ4v) is 3.64. The molecule has 2 N–H and O–H groups in total. The zero-order chi connectivity index (χ0) is 14.2. The average Bonchev–Trinajstić information content (AvgIpc) is 3.21. The second-order valence-corrected chi connectivity index (χ2v) is 6.93. The van der Waals surface area contributed by atoms with Gasteiger partial charge in [0.15, 0.2) is 11.5 Å². The van der Waals surface area contributed by atoms with Crippen molar-refractivity contribution in [3.05, 3.63) is 22.2 Å². The first-order chi connectivity index (χ1) is 9.68. The molecule has 0 aliphatic heterocycles. The van der Waals surface area contributed by atoms with E-state index < -0.39 is 0 Å². The molecule has 20 heavy (non-hydrogen) atoms. The van der Waals surface area contributed by atoms with Gasteiger partial charge in [-0.05, 0) is 49.3 Å². The van der Waals surface area contributed by atoms with E-state index in [1.54, 1.807) is 7.11 Å². The van der Waals surface area contributed by atoms with E-state index >= 15 is 0 Å². The lowest BCUT2D eigenvalue weighted by atomic mass is 9.64. The van der Waals surface area contributed by atoms with Crippen molar-refractivity contribution in [2.75, 3.05) is 20.3 Å². The van der Waals surface area contributed by atoms with Crippen molar-refractivity contribution in [1.82, 2.24) is 0 Å². The number of hydrogen-bond acceptors (Lipinski definition) is 3. The first-order valence-corrected chi connectivity index (χ1v) is 8.19. The third-order valence-corrected chi connectivity index (χ3v) is 5.35. The fraction of sp³-hybridized carbons (Fsp3) is 0.625. The molecular formula is C16H22BrNO2. The summed E-state index contributed by atoms with van der Waals surface area (Å²) in [6.07, 6.45) is 6.16. The molecule has 0 bridgehead atoms. The van der Waals surface area contributed by atoms with E-state index in [1.165, 1.54) is 24.8 Å². The van der Waals surface area contributed by atoms with Crippen molar-refractivity contribution in [3.63, 3.8) is 0 Å². The van der Waals surface area contributed by atoms with Crippen LogP contribution in [0.1, 0.15) is 37.7 Å². The predicted molar refractivity (Wildman–Crippen MR) is 83.5 cm³/mol. The second-order valence-electron chi connectivity index (χ2n) is 6.08. The standard InChI is InChI=1S/C16H22BrNO2/c1-19-14-7-12(16(10-18)5-2-6-16)13(17)8-15(14)20-9-11-3-4-11/h7-8,11H,2-6,9-10,18H2,1H3. The van der Waals surface area contributed by atoms with Gasteiger partial charge in [0.05, 0.1) is 13.7 Å². The Labute approximate surface area is 129 Å². The molecule has 0 radical (unpaired) electrons. The topological polar surface area (TPSA) is 44.5 Å². The summed E-state index contributed by atoms with van der Waals surface area (Å²) in [5.41, 5.74) is 7.40. The molecule has 0 heterocycles. The summed E-state index contributed by atoms with van der Waals surface area (Å²) in [4.78, 5) is 0. The Kier molecular flexibility index (Phi) is 3.95. The minimum atomic E-state index is 0.126. The molecule has 0 aromatic heterocycles. The molecule has 2 fully saturated rings. The van der Waals surface area contributed by atoms with Crippen LogP contribution in [-0.4, -0.2) is 20.3 Å². The van der Waals surface area contributed by atoms with Gasteiger partial charge < -0.3 is 15.2 Å². The van der Waals surface area contributed by atoms with Crippen LogP contribution in [0.4, 0.5) is 0 Å². The van der Waals surface area contributed by atoms with E-state index in [0.717, 1.165) is 41.3 Å². The first kappa shape index (κ1) is 14.2. The number of methoxy groups -OCH3 is 1. The van der Waals surface area contributed by atoms with Crippen LogP contribution >= 0.6 is 15.9 Å². The lowest BCUT2D eigenvalue weighted by Gasteiger charge is -2.42. The van der Waals surface area contributed by atoms with Crippen LogP contribution in [0.2, 0.25) is 0 Å². The molecule has 2 aliphatic rings. The van der Waals surface area contributed by atoms with Gasteiger partial charge in [-0.2, -0.15) is 0 Å². The van der Waals surface area contributed by atoms with Crippen molar-refractivity contribution in [1.29, 1.82) is 0 Å². The maximum absolute atomic E-state index is 6.01. The Balaban J connectivity index is 1.88. The van der Waals surface area contributed by atoms with Crippen LogP contribution in [0.5, 0.6) is 11.5 Å². The van der Waals surface area contributed by atoms with Crippen LogP contribution in [0.25, 0.3) is 0 Å². The molecule has 0 spiro atoms. The Morgan fingerprint density at radius 1 is 1.30 bits per heavy atom. The Hall–Kier alpha value is -0.740. The summed E-state index contributed by atoms with van der Waals surface area (Å²) in [6, 6.07) is 4.16. The summed E-state index contributed by atoms with van der Waals surface area (Å²) in [6.45, 7) is 1.49. The van der Waals surface area contributed by atoms with E-state index in [-0.39, 0.29) is 5.41 Å². The van der Waals surface area contributed by atoms with Crippen LogP contribution < -0.4 is 15.2 Å². The van der Waals surface area contributed by atoms with E-state index in [9.17, 15) is 0 Å². The van der Waals surface area contributed by atoms with Crippen molar-refractivity contribution in [3.8, 4) is 11.5 Å². The quantitative estimate of drug-likeness (QED) is 0.860. The van der Waals surface area contributed by atoms with Gasteiger partial charge in [0.25, 0.3) is 0 Å². The van der Waals surface area contributed by atoms with Crippen molar-refractivity contribution in [2.45, 2.75) is 37.5 Å². The number of benzene rings is 1. The molecule has 0 atom stereocenters. The molecule has 1 aromatic rings. The highest BCUT2D eigenvalue weighted by Crippen LogP contribution is 2.48. The molecule has 2 saturated carbocycles. The van der Waals surface area contributed by atoms with E-state index in [2.05, 4.69) is 22.0 Å². The molecule has 3 rings (SSSR count). The molecule has 0 saturated heterocycles.